The van der Waals surface area contributed by atoms with Crippen LogP contribution in [0.2, 0.25) is 0 Å². The third-order valence-corrected chi connectivity index (χ3v) is 3.07. The smallest absolute Gasteiger partial charge is 0.271 e. The van der Waals surface area contributed by atoms with Gasteiger partial charge in [0.05, 0.1) is 4.92 Å². The van der Waals surface area contributed by atoms with Crippen molar-refractivity contribution in [3.63, 3.8) is 0 Å². The Morgan fingerprint density at radius 2 is 1.89 bits per heavy atom. The molecule has 1 amide bonds. The largest absolute Gasteiger partial charge is 0.322 e. The summed E-state index contributed by atoms with van der Waals surface area (Å²) in [5, 5.41) is 13.3. The van der Waals surface area contributed by atoms with Gasteiger partial charge < -0.3 is 5.32 Å². The van der Waals surface area contributed by atoms with Gasteiger partial charge in [0, 0.05) is 27.0 Å². The number of hydrogen-bond donors (Lipinski definition) is 1. The topological polar surface area (TPSA) is 72.2 Å². The summed E-state index contributed by atoms with van der Waals surface area (Å²) in [5.74, 6) is -0.293. The lowest BCUT2D eigenvalue weighted by molar-refractivity contribution is -0.384. The molecular formula is C13H9IN2O3. The lowest BCUT2D eigenvalue weighted by atomic mass is 10.2. The molecule has 96 valence electrons. The molecule has 0 saturated carbocycles. The number of halogens is 1. The van der Waals surface area contributed by atoms with Crippen molar-refractivity contribution in [2.45, 2.75) is 0 Å². The fourth-order valence-electron chi connectivity index (χ4n) is 1.53. The second kappa shape index (κ2) is 5.79. The normalized spacial score (nSPS) is 9.95. The fourth-order valence-corrected chi connectivity index (χ4v) is 2.07. The summed E-state index contributed by atoms with van der Waals surface area (Å²) in [5.41, 5.74) is 0.858. The fraction of sp³-hybridized carbons (Fsp3) is 0. The first kappa shape index (κ1) is 13.5. The molecule has 0 saturated heterocycles. The van der Waals surface area contributed by atoms with Gasteiger partial charge in [0.2, 0.25) is 0 Å². The Labute approximate surface area is 122 Å². The summed E-state index contributed by atoms with van der Waals surface area (Å²) in [6.07, 6.45) is 0. The van der Waals surface area contributed by atoms with Crippen molar-refractivity contribution < 1.29 is 9.72 Å². The highest BCUT2D eigenvalue weighted by molar-refractivity contribution is 14.1. The molecule has 0 radical (unpaired) electrons. The molecule has 0 aliphatic carbocycles. The predicted octanol–water partition coefficient (Wildman–Crippen LogP) is 3.45. The molecule has 19 heavy (non-hydrogen) atoms. The first-order chi connectivity index (χ1) is 9.06. The summed E-state index contributed by atoms with van der Waals surface area (Å²) in [4.78, 5) is 22.1. The molecule has 0 unspecified atom stereocenters. The Kier molecular flexibility index (Phi) is 4.10. The van der Waals surface area contributed by atoms with Crippen LogP contribution < -0.4 is 5.32 Å². The van der Waals surface area contributed by atoms with E-state index in [1.54, 1.807) is 24.3 Å². The van der Waals surface area contributed by atoms with E-state index in [1.165, 1.54) is 18.2 Å². The van der Waals surface area contributed by atoms with E-state index in [0.29, 0.717) is 11.3 Å². The summed E-state index contributed by atoms with van der Waals surface area (Å²) in [7, 11) is 0. The van der Waals surface area contributed by atoms with Crippen LogP contribution in [0.3, 0.4) is 0 Å². The second-order valence-corrected chi connectivity index (χ2v) is 5.02. The maximum Gasteiger partial charge on any atom is 0.271 e. The molecule has 0 heterocycles. The molecule has 2 aromatic carbocycles. The van der Waals surface area contributed by atoms with E-state index in [4.69, 9.17) is 0 Å². The number of amides is 1. The number of non-ortho nitro benzene ring substituents is 1. The van der Waals surface area contributed by atoms with Crippen LogP contribution in [0.4, 0.5) is 11.4 Å². The highest BCUT2D eigenvalue weighted by Gasteiger charge is 2.09. The Morgan fingerprint density at radius 1 is 1.16 bits per heavy atom. The van der Waals surface area contributed by atoms with Gasteiger partial charge in [0.1, 0.15) is 0 Å². The van der Waals surface area contributed by atoms with Gasteiger partial charge in [-0.05, 0) is 46.9 Å². The Bertz CT molecular complexity index is 643. The van der Waals surface area contributed by atoms with Gasteiger partial charge >= 0.3 is 0 Å². The average Bonchev–Trinajstić information content (AvgIpc) is 2.39. The highest BCUT2D eigenvalue weighted by Crippen LogP contribution is 2.18. The van der Waals surface area contributed by atoms with E-state index in [1.807, 2.05) is 6.07 Å². The molecule has 0 aliphatic rings. The molecule has 0 bridgehead atoms. The minimum absolute atomic E-state index is 0.0551. The van der Waals surface area contributed by atoms with Crippen molar-refractivity contribution >= 4 is 39.9 Å². The van der Waals surface area contributed by atoms with Gasteiger partial charge in [-0.15, -0.1) is 0 Å². The van der Waals surface area contributed by atoms with Gasteiger partial charge in [-0.25, -0.2) is 0 Å². The monoisotopic (exact) mass is 368 g/mol. The first-order valence-electron chi connectivity index (χ1n) is 5.37. The van der Waals surface area contributed by atoms with Gasteiger partial charge in [0.25, 0.3) is 11.6 Å². The number of nitrogens with zero attached hydrogens (tertiary/aromatic N) is 1. The number of hydrogen-bond acceptors (Lipinski definition) is 3. The van der Waals surface area contributed by atoms with Crippen LogP contribution in [0.1, 0.15) is 10.4 Å². The number of nitro benzene ring substituents is 1. The van der Waals surface area contributed by atoms with E-state index < -0.39 is 4.92 Å². The number of carbonyl (C=O) groups is 1. The molecule has 0 aliphatic heterocycles. The zero-order valence-corrected chi connectivity index (χ0v) is 11.8. The van der Waals surface area contributed by atoms with E-state index >= 15 is 0 Å². The minimum atomic E-state index is -0.499. The van der Waals surface area contributed by atoms with E-state index in [0.717, 1.165) is 3.57 Å². The van der Waals surface area contributed by atoms with Crippen molar-refractivity contribution in [2.24, 2.45) is 0 Å². The number of anilines is 1. The summed E-state index contributed by atoms with van der Waals surface area (Å²) in [6, 6.07) is 12.9. The molecule has 0 spiro atoms. The molecule has 0 fully saturated rings. The van der Waals surface area contributed by atoms with Gasteiger partial charge in [-0.1, -0.05) is 12.1 Å². The molecule has 5 nitrogen and oxygen atoms in total. The van der Waals surface area contributed by atoms with E-state index in [-0.39, 0.29) is 11.6 Å². The minimum Gasteiger partial charge on any atom is -0.322 e. The maximum absolute atomic E-state index is 12.0. The number of carbonyl (C=O) groups excluding carboxylic acids is 1. The van der Waals surface area contributed by atoms with Crippen LogP contribution in [0.15, 0.2) is 48.5 Å². The van der Waals surface area contributed by atoms with Crippen LogP contribution >= 0.6 is 22.6 Å². The molecule has 0 atom stereocenters. The molecule has 2 rings (SSSR count). The predicted molar refractivity (Wildman–Crippen MR) is 80.2 cm³/mol. The van der Waals surface area contributed by atoms with E-state index in [9.17, 15) is 14.9 Å². The Hall–Kier alpha value is -1.96. The SMILES string of the molecule is O=C(Nc1cccc([N+](=O)[O-])c1)c1cccc(I)c1. The van der Waals surface area contributed by atoms with Crippen molar-refractivity contribution in [1.29, 1.82) is 0 Å². The molecule has 1 N–H and O–H groups in total. The van der Waals surface area contributed by atoms with Crippen molar-refractivity contribution in [3.05, 3.63) is 67.8 Å². The third kappa shape index (κ3) is 3.50. The van der Waals surface area contributed by atoms with E-state index in [2.05, 4.69) is 27.9 Å². The summed E-state index contributed by atoms with van der Waals surface area (Å²) < 4.78 is 0.948. The lowest BCUT2D eigenvalue weighted by Gasteiger charge is -2.05. The molecular weight excluding hydrogens is 359 g/mol. The number of nitro groups is 1. The standard InChI is InChI=1S/C13H9IN2O3/c14-10-4-1-3-9(7-10)13(17)15-11-5-2-6-12(8-11)16(18)19/h1-8H,(H,15,17). The molecule has 6 heteroatoms. The number of benzene rings is 2. The summed E-state index contributed by atoms with van der Waals surface area (Å²) >= 11 is 2.11. The quantitative estimate of drug-likeness (QED) is 0.513. The van der Waals surface area contributed by atoms with Crippen LogP contribution in [-0.4, -0.2) is 10.8 Å². The van der Waals surface area contributed by atoms with Crippen LogP contribution in [0.25, 0.3) is 0 Å². The highest BCUT2D eigenvalue weighted by atomic mass is 127. The second-order valence-electron chi connectivity index (χ2n) is 3.77. The van der Waals surface area contributed by atoms with Crippen molar-refractivity contribution in [3.8, 4) is 0 Å². The van der Waals surface area contributed by atoms with Crippen LogP contribution in [0, 0.1) is 13.7 Å². The molecule has 2 aromatic rings. The van der Waals surface area contributed by atoms with Crippen LogP contribution in [-0.2, 0) is 0 Å². The Balaban J connectivity index is 2.19. The van der Waals surface area contributed by atoms with Crippen molar-refractivity contribution in [1.82, 2.24) is 0 Å². The van der Waals surface area contributed by atoms with Gasteiger partial charge in [-0.3, -0.25) is 14.9 Å². The van der Waals surface area contributed by atoms with Crippen molar-refractivity contribution in [2.75, 3.05) is 5.32 Å². The summed E-state index contributed by atoms with van der Waals surface area (Å²) in [6.45, 7) is 0. The third-order valence-electron chi connectivity index (χ3n) is 2.40. The zero-order valence-electron chi connectivity index (χ0n) is 9.67. The zero-order chi connectivity index (χ0) is 13.8. The number of rotatable bonds is 3. The molecule has 0 aromatic heterocycles. The van der Waals surface area contributed by atoms with Gasteiger partial charge in [-0.2, -0.15) is 0 Å². The average molecular weight is 368 g/mol. The van der Waals surface area contributed by atoms with Crippen LogP contribution in [0.5, 0.6) is 0 Å². The number of nitrogens with one attached hydrogen (secondary N) is 1. The first-order valence-corrected chi connectivity index (χ1v) is 6.45. The maximum atomic E-state index is 12.0. The van der Waals surface area contributed by atoms with Gasteiger partial charge in [0.15, 0.2) is 0 Å². The lowest BCUT2D eigenvalue weighted by Crippen LogP contribution is -2.12. The Morgan fingerprint density at radius 3 is 2.58 bits per heavy atom.